The van der Waals surface area contributed by atoms with E-state index in [4.69, 9.17) is 16.2 Å². The summed E-state index contributed by atoms with van der Waals surface area (Å²) < 4.78 is 7.48. The fraction of sp³-hybridized carbons (Fsp3) is 0.286. The Morgan fingerprint density at radius 2 is 1.81 bits per heavy atom. The predicted molar refractivity (Wildman–Crippen MR) is 111 cm³/mol. The second kappa shape index (κ2) is 8.42. The number of rotatable bonds is 6. The smallest absolute Gasteiger partial charge is 0.271 e. The summed E-state index contributed by atoms with van der Waals surface area (Å²) in [6, 6.07) is 6.40. The maximum absolute atomic E-state index is 12.6. The molecule has 0 saturated heterocycles. The molecule has 5 N–H and O–H groups in total. The number of amides is 3. The first-order valence-electron chi connectivity index (χ1n) is 9.91. The third-order valence-corrected chi connectivity index (χ3v) is 5.29. The molecule has 1 saturated carbocycles. The number of carbonyl (C=O) groups excluding carboxylic acids is 3. The average molecular weight is 422 g/mol. The number of hydrogen-bond donors (Lipinski definition) is 3. The molecule has 31 heavy (non-hydrogen) atoms. The summed E-state index contributed by atoms with van der Waals surface area (Å²) >= 11 is 0. The topological polar surface area (TPSA) is 155 Å². The lowest BCUT2D eigenvalue weighted by atomic mass is 9.93. The van der Waals surface area contributed by atoms with E-state index in [-0.39, 0.29) is 35.2 Å². The highest BCUT2D eigenvalue weighted by atomic mass is 16.5. The zero-order valence-electron chi connectivity index (χ0n) is 16.7. The van der Waals surface area contributed by atoms with E-state index in [0.717, 1.165) is 0 Å². The van der Waals surface area contributed by atoms with Gasteiger partial charge in [-0.05, 0) is 49.9 Å². The van der Waals surface area contributed by atoms with Crippen LogP contribution in [0.3, 0.4) is 0 Å². The summed E-state index contributed by atoms with van der Waals surface area (Å²) in [6.45, 7) is 0. The molecule has 1 aliphatic carbocycles. The van der Waals surface area contributed by atoms with E-state index < -0.39 is 11.8 Å². The summed E-state index contributed by atoms with van der Waals surface area (Å²) in [5.74, 6) is -1.18. The van der Waals surface area contributed by atoms with Crippen molar-refractivity contribution in [2.24, 2.45) is 11.5 Å². The fourth-order valence-electron chi connectivity index (χ4n) is 3.66. The van der Waals surface area contributed by atoms with Gasteiger partial charge in [0.2, 0.25) is 11.8 Å². The number of aromatic nitrogens is 3. The molecule has 1 fully saturated rings. The van der Waals surface area contributed by atoms with Crippen molar-refractivity contribution in [1.29, 1.82) is 0 Å². The first kappa shape index (κ1) is 20.3. The van der Waals surface area contributed by atoms with Gasteiger partial charge in [0.1, 0.15) is 23.0 Å². The second-order valence-corrected chi connectivity index (χ2v) is 7.46. The fourth-order valence-corrected chi connectivity index (χ4v) is 3.66. The van der Waals surface area contributed by atoms with Crippen molar-refractivity contribution in [3.05, 3.63) is 59.7 Å². The average Bonchev–Trinajstić information content (AvgIpc) is 3.19. The van der Waals surface area contributed by atoms with Crippen LogP contribution in [0.25, 0.3) is 5.65 Å². The first-order valence-corrected chi connectivity index (χ1v) is 9.91. The van der Waals surface area contributed by atoms with Crippen molar-refractivity contribution >= 4 is 23.4 Å². The Hall–Kier alpha value is -3.95. The normalized spacial score (nSPS) is 18.5. The molecule has 0 unspecified atom stereocenters. The number of nitrogens with two attached hydrogens (primary N) is 2. The lowest BCUT2D eigenvalue weighted by Gasteiger charge is -2.29. The van der Waals surface area contributed by atoms with E-state index in [1.807, 2.05) is 0 Å². The summed E-state index contributed by atoms with van der Waals surface area (Å²) in [4.78, 5) is 43.9. The Bertz CT molecular complexity index is 1150. The molecular weight excluding hydrogens is 400 g/mol. The standard InChI is InChI=1S/C21H22N6O4/c22-18(28)12-3-8-17-26-16(11-27(17)10-12)20(30)25-13-4-6-14(7-5-13)31-21-15(19(23)29)2-1-9-24-21/h1-3,8-11,13-14H,4-7H2,(H2,22,28)(H2,23,29)(H,25,30). The number of ether oxygens (including phenoxy) is 1. The third kappa shape index (κ3) is 4.47. The Morgan fingerprint density at radius 1 is 1.03 bits per heavy atom. The van der Waals surface area contributed by atoms with Gasteiger partial charge in [-0.15, -0.1) is 0 Å². The molecule has 4 rings (SSSR count). The lowest BCUT2D eigenvalue weighted by Crippen LogP contribution is -2.40. The Balaban J connectivity index is 1.35. The molecule has 3 aromatic heterocycles. The molecule has 0 spiro atoms. The monoisotopic (exact) mass is 422 g/mol. The lowest BCUT2D eigenvalue weighted by molar-refractivity contribution is 0.0877. The highest BCUT2D eigenvalue weighted by molar-refractivity contribution is 5.95. The van der Waals surface area contributed by atoms with Crippen LogP contribution in [0.5, 0.6) is 5.88 Å². The Labute approximate surface area is 177 Å². The number of carbonyl (C=O) groups is 3. The summed E-state index contributed by atoms with van der Waals surface area (Å²) in [6.07, 6.45) is 7.39. The van der Waals surface area contributed by atoms with Gasteiger partial charge in [-0.1, -0.05) is 0 Å². The summed E-state index contributed by atoms with van der Waals surface area (Å²) in [5, 5.41) is 3.00. The largest absolute Gasteiger partial charge is 0.474 e. The van der Waals surface area contributed by atoms with E-state index in [9.17, 15) is 14.4 Å². The SMILES string of the molecule is NC(=O)c1ccc2nc(C(=O)NC3CCC(Oc4ncccc4C(N)=O)CC3)cn2c1. The van der Waals surface area contributed by atoms with Crippen LogP contribution in [0, 0.1) is 0 Å². The maximum Gasteiger partial charge on any atom is 0.271 e. The Kier molecular flexibility index (Phi) is 5.52. The summed E-state index contributed by atoms with van der Waals surface area (Å²) in [7, 11) is 0. The molecule has 0 bridgehead atoms. The van der Waals surface area contributed by atoms with E-state index in [1.165, 1.54) is 0 Å². The van der Waals surface area contributed by atoms with Gasteiger partial charge in [0.05, 0.1) is 5.56 Å². The van der Waals surface area contributed by atoms with Crippen molar-refractivity contribution in [3.8, 4) is 5.88 Å². The van der Waals surface area contributed by atoms with Crippen molar-refractivity contribution in [2.45, 2.75) is 37.8 Å². The zero-order chi connectivity index (χ0) is 22.0. The van der Waals surface area contributed by atoms with Gasteiger partial charge in [0.25, 0.3) is 11.8 Å². The first-order chi connectivity index (χ1) is 14.9. The van der Waals surface area contributed by atoms with Gasteiger partial charge in [-0.3, -0.25) is 14.4 Å². The van der Waals surface area contributed by atoms with Crippen LogP contribution in [0.2, 0.25) is 0 Å². The molecule has 3 amide bonds. The van der Waals surface area contributed by atoms with Crippen LogP contribution in [0.15, 0.2) is 42.9 Å². The van der Waals surface area contributed by atoms with Gasteiger partial charge >= 0.3 is 0 Å². The maximum atomic E-state index is 12.6. The van der Waals surface area contributed by atoms with Crippen LogP contribution < -0.4 is 21.5 Å². The molecule has 0 radical (unpaired) electrons. The van der Waals surface area contributed by atoms with Crippen molar-refractivity contribution in [1.82, 2.24) is 19.7 Å². The highest BCUT2D eigenvalue weighted by Crippen LogP contribution is 2.25. The van der Waals surface area contributed by atoms with Crippen LogP contribution in [-0.4, -0.2) is 44.2 Å². The van der Waals surface area contributed by atoms with E-state index >= 15 is 0 Å². The van der Waals surface area contributed by atoms with Crippen LogP contribution in [-0.2, 0) is 0 Å². The summed E-state index contributed by atoms with van der Waals surface area (Å²) in [5.41, 5.74) is 12.1. The van der Waals surface area contributed by atoms with Crippen molar-refractivity contribution in [3.63, 3.8) is 0 Å². The number of nitrogens with one attached hydrogen (secondary N) is 1. The minimum Gasteiger partial charge on any atom is -0.474 e. The number of primary amides is 2. The van der Waals surface area contributed by atoms with E-state index in [0.29, 0.717) is 36.9 Å². The highest BCUT2D eigenvalue weighted by Gasteiger charge is 2.26. The molecule has 1 aliphatic rings. The van der Waals surface area contributed by atoms with Gasteiger partial charge < -0.3 is 25.9 Å². The molecule has 10 heteroatoms. The zero-order valence-corrected chi connectivity index (χ0v) is 16.7. The van der Waals surface area contributed by atoms with Crippen LogP contribution in [0.1, 0.15) is 56.9 Å². The van der Waals surface area contributed by atoms with Gasteiger partial charge in [0.15, 0.2) is 0 Å². The van der Waals surface area contributed by atoms with Gasteiger partial charge in [0, 0.05) is 24.6 Å². The van der Waals surface area contributed by atoms with Crippen LogP contribution in [0.4, 0.5) is 0 Å². The number of hydrogen-bond acceptors (Lipinski definition) is 6. The molecule has 10 nitrogen and oxygen atoms in total. The van der Waals surface area contributed by atoms with Gasteiger partial charge in [-0.2, -0.15) is 0 Å². The molecule has 3 heterocycles. The van der Waals surface area contributed by atoms with Crippen molar-refractivity contribution in [2.75, 3.05) is 0 Å². The molecule has 0 aliphatic heterocycles. The quantitative estimate of drug-likeness (QED) is 0.539. The van der Waals surface area contributed by atoms with Crippen LogP contribution >= 0.6 is 0 Å². The minimum absolute atomic E-state index is 0.0160. The van der Waals surface area contributed by atoms with Gasteiger partial charge in [-0.25, -0.2) is 9.97 Å². The molecule has 3 aromatic rings. The molecular formula is C21H22N6O4. The van der Waals surface area contributed by atoms with E-state index in [2.05, 4.69) is 15.3 Å². The minimum atomic E-state index is -0.584. The molecule has 0 atom stereocenters. The molecule has 160 valence electrons. The second-order valence-electron chi connectivity index (χ2n) is 7.46. The number of nitrogens with zero attached hydrogens (tertiary/aromatic N) is 3. The number of pyridine rings is 2. The predicted octanol–water partition coefficient (Wildman–Crippen LogP) is 1.05. The van der Waals surface area contributed by atoms with Crippen molar-refractivity contribution < 1.29 is 19.1 Å². The van der Waals surface area contributed by atoms with E-state index in [1.54, 1.807) is 47.3 Å². The third-order valence-electron chi connectivity index (χ3n) is 5.29. The number of fused-ring (bicyclic) bond motifs is 1. The number of imidazole rings is 1. The molecule has 0 aromatic carbocycles. The Morgan fingerprint density at radius 3 is 2.52 bits per heavy atom.